The van der Waals surface area contributed by atoms with E-state index in [0.29, 0.717) is 18.3 Å². The zero-order chi connectivity index (χ0) is 32.1. The van der Waals surface area contributed by atoms with Gasteiger partial charge in [0.15, 0.2) is 0 Å². The lowest BCUT2D eigenvalue weighted by molar-refractivity contribution is -0.123. The van der Waals surface area contributed by atoms with E-state index < -0.39 is 0 Å². The smallest absolute Gasteiger partial charge is 0.227 e. The molecular formula is C38H62N2O2. The Bertz CT molecular complexity index is 1060. The number of benzene rings is 2. The summed E-state index contributed by atoms with van der Waals surface area (Å²) in [5.41, 5.74) is 4.04. The highest BCUT2D eigenvalue weighted by Crippen LogP contribution is 2.32. The lowest BCUT2D eigenvalue weighted by Gasteiger charge is -2.33. The Morgan fingerprint density at radius 2 is 1.21 bits per heavy atom. The molecule has 2 rings (SSSR count). The van der Waals surface area contributed by atoms with Crippen molar-refractivity contribution in [2.45, 2.75) is 115 Å². The summed E-state index contributed by atoms with van der Waals surface area (Å²) in [5.74, 6) is 1.43. The minimum absolute atomic E-state index is 0.106. The molecular weight excluding hydrogens is 516 g/mol. The fraction of sp³-hybridized carbons (Fsp3) is 0.632. The van der Waals surface area contributed by atoms with Crippen molar-refractivity contribution in [3.05, 3.63) is 71.3 Å². The Balaban J connectivity index is 0.000000437. The summed E-state index contributed by atoms with van der Waals surface area (Å²) >= 11 is 0. The van der Waals surface area contributed by atoms with Crippen LogP contribution in [-0.4, -0.2) is 24.9 Å². The second-order valence-electron chi connectivity index (χ2n) is 15.9. The Kier molecular flexibility index (Phi) is 15.0. The van der Waals surface area contributed by atoms with E-state index in [9.17, 15) is 9.59 Å². The molecule has 0 bridgehead atoms. The molecule has 2 aromatic carbocycles. The highest BCUT2D eigenvalue weighted by Gasteiger charge is 2.27. The third-order valence-corrected chi connectivity index (χ3v) is 7.20. The van der Waals surface area contributed by atoms with E-state index in [4.69, 9.17) is 0 Å². The first-order valence-corrected chi connectivity index (χ1v) is 16.0. The number of rotatable bonds is 13. The van der Waals surface area contributed by atoms with Gasteiger partial charge in [0, 0.05) is 13.1 Å². The van der Waals surface area contributed by atoms with Crippen molar-refractivity contribution in [3.8, 4) is 0 Å². The first-order valence-electron chi connectivity index (χ1n) is 16.0. The molecule has 0 aliphatic rings. The van der Waals surface area contributed by atoms with Crippen LogP contribution in [0.5, 0.6) is 0 Å². The van der Waals surface area contributed by atoms with E-state index in [1.165, 1.54) is 5.56 Å². The van der Waals surface area contributed by atoms with Crippen LogP contribution in [0.3, 0.4) is 0 Å². The van der Waals surface area contributed by atoms with Crippen LogP contribution < -0.4 is 10.6 Å². The van der Waals surface area contributed by atoms with Gasteiger partial charge in [0.25, 0.3) is 0 Å². The quantitative estimate of drug-likeness (QED) is 0.249. The van der Waals surface area contributed by atoms with Gasteiger partial charge in [0.05, 0.1) is 12.3 Å². The monoisotopic (exact) mass is 578 g/mol. The molecule has 4 nitrogen and oxygen atoms in total. The summed E-state index contributed by atoms with van der Waals surface area (Å²) in [5, 5.41) is 6.19. The summed E-state index contributed by atoms with van der Waals surface area (Å²) in [6, 6.07) is 18.4. The number of nitrogens with one attached hydrogen (secondary N) is 2. The molecule has 0 aliphatic carbocycles. The van der Waals surface area contributed by atoms with Crippen LogP contribution >= 0.6 is 0 Å². The molecule has 0 heterocycles. The zero-order valence-corrected chi connectivity index (χ0v) is 29.0. The molecule has 0 radical (unpaired) electrons. The standard InChI is InChI=1S/C22H37NO.C16H25NO/c1-16(2)13-18-9-11-19(12-10-18)17(3)20(24)23-15-22(7,8)14-21(4,5)6;1-13(2)11-16(3,4)12-17-15(18)10-14-8-6-5-7-9-14/h9-12,16-17H,13-15H2,1-8H3,(H,23,24);5-9,13H,10-12H2,1-4H3,(H,17,18). The van der Waals surface area contributed by atoms with Gasteiger partial charge in [0.2, 0.25) is 11.8 Å². The maximum atomic E-state index is 12.5. The SMILES string of the molecule is CC(C)CC(C)(C)CNC(=O)Cc1ccccc1.CC(C)Cc1ccc(C(C)C(=O)NCC(C)(C)CC(C)(C)C)cc1. The zero-order valence-electron chi connectivity index (χ0n) is 29.0. The number of carbonyl (C=O) groups excluding carboxylic acids is 2. The van der Waals surface area contributed by atoms with Gasteiger partial charge in [0.1, 0.15) is 0 Å². The maximum Gasteiger partial charge on any atom is 0.227 e. The largest absolute Gasteiger partial charge is 0.355 e. The van der Waals surface area contributed by atoms with Crippen molar-refractivity contribution in [2.24, 2.45) is 28.1 Å². The van der Waals surface area contributed by atoms with E-state index in [1.807, 2.05) is 37.3 Å². The van der Waals surface area contributed by atoms with Crippen molar-refractivity contribution < 1.29 is 9.59 Å². The molecule has 1 unspecified atom stereocenters. The van der Waals surface area contributed by atoms with E-state index in [-0.39, 0.29) is 34.0 Å². The van der Waals surface area contributed by atoms with Crippen molar-refractivity contribution in [2.75, 3.05) is 13.1 Å². The Hall–Kier alpha value is -2.62. The fourth-order valence-corrected chi connectivity index (χ4v) is 5.90. The summed E-state index contributed by atoms with van der Waals surface area (Å²) < 4.78 is 0. The minimum atomic E-state index is -0.108. The summed E-state index contributed by atoms with van der Waals surface area (Å²) in [4.78, 5) is 24.3. The van der Waals surface area contributed by atoms with Crippen molar-refractivity contribution in [3.63, 3.8) is 0 Å². The molecule has 4 heteroatoms. The van der Waals surface area contributed by atoms with Crippen LogP contribution in [0.25, 0.3) is 0 Å². The molecule has 2 N–H and O–H groups in total. The first kappa shape index (κ1) is 37.4. The Morgan fingerprint density at radius 3 is 1.71 bits per heavy atom. The molecule has 0 saturated carbocycles. The van der Waals surface area contributed by atoms with E-state index in [1.54, 1.807) is 0 Å². The highest BCUT2D eigenvalue weighted by atomic mass is 16.2. The average molecular weight is 579 g/mol. The average Bonchev–Trinajstić information content (AvgIpc) is 2.85. The number of hydrogen-bond acceptors (Lipinski definition) is 2. The normalized spacial score (nSPS) is 12.9. The fourth-order valence-electron chi connectivity index (χ4n) is 5.90. The van der Waals surface area contributed by atoms with Crippen LogP contribution in [0.15, 0.2) is 54.6 Å². The lowest BCUT2D eigenvalue weighted by atomic mass is 9.76. The van der Waals surface area contributed by atoms with Gasteiger partial charge >= 0.3 is 0 Å². The van der Waals surface area contributed by atoms with Crippen molar-refractivity contribution >= 4 is 11.8 Å². The summed E-state index contributed by atoms with van der Waals surface area (Å²) in [6.45, 7) is 27.9. The molecule has 1 atom stereocenters. The van der Waals surface area contributed by atoms with Gasteiger partial charge in [-0.05, 0) is 71.0 Å². The molecule has 2 aromatic rings. The lowest BCUT2D eigenvalue weighted by Crippen LogP contribution is -2.38. The summed E-state index contributed by atoms with van der Waals surface area (Å²) in [7, 11) is 0. The number of carbonyl (C=O) groups is 2. The molecule has 0 aromatic heterocycles. The topological polar surface area (TPSA) is 58.2 Å². The third-order valence-electron chi connectivity index (χ3n) is 7.20. The molecule has 236 valence electrons. The van der Waals surface area contributed by atoms with Gasteiger partial charge in [-0.2, -0.15) is 0 Å². The maximum absolute atomic E-state index is 12.5. The van der Waals surface area contributed by atoms with Crippen LogP contribution in [0.2, 0.25) is 0 Å². The number of amides is 2. The van der Waals surface area contributed by atoms with E-state index >= 15 is 0 Å². The van der Waals surface area contributed by atoms with Crippen molar-refractivity contribution in [1.29, 1.82) is 0 Å². The summed E-state index contributed by atoms with van der Waals surface area (Å²) in [6.07, 6.45) is 3.76. The second-order valence-corrected chi connectivity index (χ2v) is 15.9. The van der Waals surface area contributed by atoms with Gasteiger partial charge in [-0.1, -0.05) is 131 Å². The van der Waals surface area contributed by atoms with Gasteiger partial charge < -0.3 is 10.6 Å². The van der Waals surface area contributed by atoms with Crippen molar-refractivity contribution in [1.82, 2.24) is 10.6 Å². The predicted octanol–water partition coefficient (Wildman–Crippen LogP) is 8.98. The van der Waals surface area contributed by atoms with Gasteiger partial charge in [-0.15, -0.1) is 0 Å². The van der Waals surface area contributed by atoms with E-state index in [2.05, 4.69) is 111 Å². The molecule has 2 amide bonds. The third kappa shape index (κ3) is 16.7. The minimum Gasteiger partial charge on any atom is -0.355 e. The molecule has 42 heavy (non-hydrogen) atoms. The van der Waals surface area contributed by atoms with Crippen LogP contribution in [0.1, 0.15) is 119 Å². The molecule has 0 fully saturated rings. The van der Waals surface area contributed by atoms with Crippen LogP contribution in [0.4, 0.5) is 0 Å². The number of hydrogen-bond donors (Lipinski definition) is 2. The second kappa shape index (κ2) is 16.9. The first-order chi connectivity index (χ1) is 19.3. The van der Waals surface area contributed by atoms with E-state index in [0.717, 1.165) is 43.5 Å². The predicted molar refractivity (Wildman–Crippen MR) is 181 cm³/mol. The van der Waals surface area contributed by atoms with Gasteiger partial charge in [-0.25, -0.2) is 0 Å². The van der Waals surface area contributed by atoms with Gasteiger partial charge in [-0.3, -0.25) is 9.59 Å². The molecule has 0 spiro atoms. The van der Waals surface area contributed by atoms with Crippen LogP contribution in [-0.2, 0) is 22.4 Å². The highest BCUT2D eigenvalue weighted by molar-refractivity contribution is 5.83. The van der Waals surface area contributed by atoms with Crippen LogP contribution in [0, 0.1) is 28.1 Å². The molecule has 0 saturated heterocycles. The Morgan fingerprint density at radius 1 is 0.667 bits per heavy atom. The Labute approximate surface area is 258 Å². The molecule has 0 aliphatic heterocycles.